The molecule has 0 radical (unpaired) electrons. The first-order valence-electron chi connectivity index (χ1n) is 10.4. The van der Waals surface area contributed by atoms with Crippen LogP contribution in [0.5, 0.6) is 0 Å². The molecule has 2 atom stereocenters. The van der Waals surface area contributed by atoms with E-state index in [-0.39, 0.29) is 23.5 Å². The van der Waals surface area contributed by atoms with Gasteiger partial charge in [-0.1, -0.05) is 6.92 Å². The lowest BCUT2D eigenvalue weighted by molar-refractivity contribution is 0.0463. The summed E-state index contributed by atoms with van der Waals surface area (Å²) in [4.78, 5) is 19.7. The Kier molecular flexibility index (Phi) is 5.29. The van der Waals surface area contributed by atoms with E-state index in [1.54, 1.807) is 19.1 Å². The number of rotatable bonds is 3. The van der Waals surface area contributed by atoms with E-state index in [2.05, 4.69) is 48.1 Å². The number of aromatic nitrogens is 1. The number of nitriles is 1. The van der Waals surface area contributed by atoms with Gasteiger partial charge in [0.1, 0.15) is 23.1 Å². The van der Waals surface area contributed by atoms with E-state index in [0.717, 1.165) is 31.0 Å². The average Bonchev–Trinajstić information content (AvgIpc) is 3.05. The van der Waals surface area contributed by atoms with E-state index in [9.17, 15) is 4.79 Å². The molecule has 1 N–H and O–H groups in total. The summed E-state index contributed by atoms with van der Waals surface area (Å²) in [6.07, 6.45) is 2.94. The van der Waals surface area contributed by atoms with Crippen LogP contribution < -0.4 is 5.32 Å². The quantitative estimate of drug-likeness (QED) is 0.827. The van der Waals surface area contributed by atoms with E-state index in [1.165, 1.54) is 5.57 Å². The number of ether oxygens (including phenoxy) is 2. The number of carbonyl (C=O) groups excluding carboxylic acids is 1. The summed E-state index contributed by atoms with van der Waals surface area (Å²) < 4.78 is 11.7. The molecule has 1 saturated heterocycles. The van der Waals surface area contributed by atoms with E-state index >= 15 is 0 Å². The van der Waals surface area contributed by atoms with Crippen LogP contribution in [-0.2, 0) is 9.47 Å². The largest absolute Gasteiger partial charge is 0.488 e. The number of carbonyl (C=O) groups is 1. The van der Waals surface area contributed by atoms with Crippen molar-refractivity contribution >= 4 is 5.91 Å². The molecule has 158 valence electrons. The van der Waals surface area contributed by atoms with Crippen molar-refractivity contribution in [2.45, 2.75) is 45.8 Å². The first-order chi connectivity index (χ1) is 14.3. The number of allylic oxidation sites excluding steroid dienone is 1. The summed E-state index contributed by atoms with van der Waals surface area (Å²) in [5.74, 6) is 0.806. The Morgan fingerprint density at radius 3 is 2.73 bits per heavy atom. The Bertz CT molecular complexity index is 967. The molecule has 2 aliphatic heterocycles. The maximum absolute atomic E-state index is 13.1. The number of nitrogens with zero attached hydrogens (tertiary/aromatic N) is 3. The first kappa shape index (κ1) is 20.4. The Morgan fingerprint density at radius 2 is 2.07 bits per heavy atom. The minimum atomic E-state index is -0.240. The highest BCUT2D eigenvalue weighted by molar-refractivity contribution is 5.93. The molecule has 0 spiro atoms. The van der Waals surface area contributed by atoms with E-state index < -0.39 is 0 Å². The highest BCUT2D eigenvalue weighted by Crippen LogP contribution is 2.43. The second kappa shape index (κ2) is 7.77. The van der Waals surface area contributed by atoms with Gasteiger partial charge in [0.25, 0.3) is 5.91 Å². The third-order valence-corrected chi connectivity index (χ3v) is 6.07. The van der Waals surface area contributed by atoms with E-state index in [0.29, 0.717) is 30.2 Å². The second-order valence-corrected chi connectivity index (χ2v) is 8.78. The Labute approximate surface area is 177 Å². The van der Waals surface area contributed by atoms with Crippen LogP contribution in [0.3, 0.4) is 0 Å². The normalized spacial score (nSPS) is 25.2. The molecule has 3 heterocycles. The van der Waals surface area contributed by atoms with Crippen molar-refractivity contribution in [3.05, 3.63) is 52.2 Å². The molecule has 1 aromatic rings. The van der Waals surface area contributed by atoms with Crippen molar-refractivity contribution in [3.63, 3.8) is 0 Å². The fourth-order valence-corrected chi connectivity index (χ4v) is 4.46. The van der Waals surface area contributed by atoms with Gasteiger partial charge in [-0.05, 0) is 38.5 Å². The van der Waals surface area contributed by atoms with Gasteiger partial charge >= 0.3 is 0 Å². The smallest absolute Gasteiger partial charge is 0.270 e. The summed E-state index contributed by atoms with van der Waals surface area (Å²) in [6, 6.07) is 5.17. The number of pyridine rings is 1. The van der Waals surface area contributed by atoms with E-state index in [4.69, 9.17) is 14.7 Å². The molecule has 0 aromatic carbocycles. The number of morpholine rings is 1. The molecule has 1 amide bonds. The molecule has 2 unspecified atom stereocenters. The zero-order chi connectivity index (χ0) is 21.5. The summed E-state index contributed by atoms with van der Waals surface area (Å²) >= 11 is 0. The standard InChI is InChI=1S/C23H28N4O3/c1-14-17-12-23(3,4)30-20(17)11-19(27-7-9-29-10-8-27)21(14)26-22(28)18-6-5-16(13-24)15(2)25-18/h5-6,11,14,21H,7-10,12H2,1-4H3,(H,26,28). The lowest BCUT2D eigenvalue weighted by Crippen LogP contribution is -2.50. The molecular formula is C23H28N4O3. The molecule has 1 aromatic heterocycles. The van der Waals surface area contributed by atoms with Crippen LogP contribution >= 0.6 is 0 Å². The number of aryl methyl sites for hydroxylation is 1. The third-order valence-electron chi connectivity index (χ3n) is 6.07. The fourth-order valence-electron chi connectivity index (χ4n) is 4.46. The van der Waals surface area contributed by atoms with Crippen LogP contribution in [0.25, 0.3) is 0 Å². The molecule has 4 rings (SSSR count). The third kappa shape index (κ3) is 3.80. The zero-order valence-electron chi connectivity index (χ0n) is 18.0. The minimum Gasteiger partial charge on any atom is -0.488 e. The van der Waals surface area contributed by atoms with Crippen LogP contribution in [0.1, 0.15) is 48.9 Å². The van der Waals surface area contributed by atoms with Gasteiger partial charge in [-0.2, -0.15) is 5.26 Å². The lowest BCUT2D eigenvalue weighted by atomic mass is 9.82. The number of hydrogen-bond acceptors (Lipinski definition) is 6. The maximum Gasteiger partial charge on any atom is 0.270 e. The Hall–Kier alpha value is -2.85. The summed E-state index contributed by atoms with van der Waals surface area (Å²) in [5, 5.41) is 12.3. The first-order valence-corrected chi connectivity index (χ1v) is 10.4. The molecule has 30 heavy (non-hydrogen) atoms. The predicted octanol–water partition coefficient (Wildman–Crippen LogP) is 2.68. The van der Waals surface area contributed by atoms with Crippen molar-refractivity contribution in [2.75, 3.05) is 26.3 Å². The Morgan fingerprint density at radius 1 is 1.33 bits per heavy atom. The molecule has 7 heteroatoms. The van der Waals surface area contributed by atoms with Crippen LogP contribution in [0.4, 0.5) is 0 Å². The highest BCUT2D eigenvalue weighted by atomic mass is 16.5. The lowest BCUT2D eigenvalue weighted by Gasteiger charge is -2.40. The van der Waals surface area contributed by atoms with Crippen molar-refractivity contribution in [1.82, 2.24) is 15.2 Å². The van der Waals surface area contributed by atoms with Crippen LogP contribution in [0.2, 0.25) is 0 Å². The fraction of sp³-hybridized carbons (Fsp3) is 0.522. The van der Waals surface area contributed by atoms with Gasteiger partial charge in [0.05, 0.1) is 30.5 Å². The number of hydrogen-bond donors (Lipinski definition) is 1. The van der Waals surface area contributed by atoms with Crippen LogP contribution in [0.15, 0.2) is 35.2 Å². The topological polar surface area (TPSA) is 87.5 Å². The molecule has 3 aliphatic rings. The summed E-state index contributed by atoms with van der Waals surface area (Å²) in [5.41, 5.74) is 3.42. The van der Waals surface area contributed by atoms with Gasteiger partial charge < -0.3 is 19.7 Å². The van der Waals surface area contributed by atoms with Crippen LogP contribution in [0, 0.1) is 24.2 Å². The van der Waals surface area contributed by atoms with Gasteiger partial charge in [-0.3, -0.25) is 4.79 Å². The number of amides is 1. The zero-order valence-corrected chi connectivity index (χ0v) is 18.0. The summed E-state index contributed by atoms with van der Waals surface area (Å²) in [6.45, 7) is 11.0. The van der Waals surface area contributed by atoms with Gasteiger partial charge in [0, 0.05) is 37.2 Å². The minimum absolute atomic E-state index is 0.105. The van der Waals surface area contributed by atoms with E-state index in [1.807, 2.05) is 0 Å². The highest BCUT2D eigenvalue weighted by Gasteiger charge is 2.42. The SMILES string of the molecule is Cc1nc(C(=O)NC2C(N3CCOCC3)=CC3=C(CC(C)(C)O3)C2C)ccc1C#N. The monoisotopic (exact) mass is 408 g/mol. The summed E-state index contributed by atoms with van der Waals surface area (Å²) in [7, 11) is 0. The Balaban J connectivity index is 1.63. The van der Waals surface area contributed by atoms with Crippen molar-refractivity contribution in [3.8, 4) is 6.07 Å². The molecule has 1 aliphatic carbocycles. The van der Waals surface area contributed by atoms with Crippen molar-refractivity contribution < 1.29 is 14.3 Å². The van der Waals surface area contributed by atoms with Gasteiger partial charge in [-0.25, -0.2) is 4.98 Å². The van der Waals surface area contributed by atoms with Crippen molar-refractivity contribution in [2.24, 2.45) is 5.92 Å². The molecular weight excluding hydrogens is 380 g/mol. The maximum atomic E-state index is 13.1. The predicted molar refractivity (Wildman–Crippen MR) is 111 cm³/mol. The molecule has 0 saturated carbocycles. The average molecular weight is 409 g/mol. The van der Waals surface area contributed by atoms with Crippen molar-refractivity contribution in [1.29, 1.82) is 5.26 Å². The second-order valence-electron chi connectivity index (χ2n) is 8.78. The molecule has 7 nitrogen and oxygen atoms in total. The van der Waals surface area contributed by atoms with Gasteiger partial charge in [-0.15, -0.1) is 0 Å². The number of nitrogens with one attached hydrogen (secondary N) is 1. The molecule has 1 fully saturated rings. The van der Waals surface area contributed by atoms with Crippen LogP contribution in [-0.4, -0.2) is 53.7 Å². The molecule has 0 bridgehead atoms. The van der Waals surface area contributed by atoms with Gasteiger partial charge in [0.2, 0.25) is 0 Å². The van der Waals surface area contributed by atoms with Gasteiger partial charge in [0.15, 0.2) is 0 Å².